The molecule has 7 heteroatoms. The van der Waals surface area contributed by atoms with Crippen molar-refractivity contribution in [3.05, 3.63) is 51.5 Å². The van der Waals surface area contributed by atoms with Crippen LogP contribution in [0.25, 0.3) is 27.6 Å². The van der Waals surface area contributed by atoms with Crippen LogP contribution in [-0.2, 0) is 7.05 Å². The number of aromatic amines is 1. The second-order valence-corrected chi connectivity index (χ2v) is 5.67. The van der Waals surface area contributed by atoms with E-state index in [4.69, 9.17) is 11.6 Å². The number of fused-ring (bicyclic) bond motifs is 2. The number of nitrogens with zero attached hydrogens (tertiary/aromatic N) is 4. The molecule has 4 rings (SSSR count). The first-order valence-corrected chi connectivity index (χ1v) is 7.12. The molecular weight excluding hydrogens is 302 g/mol. The van der Waals surface area contributed by atoms with Crippen LogP contribution in [0.15, 0.2) is 35.3 Å². The van der Waals surface area contributed by atoms with Crippen LogP contribution in [0, 0.1) is 6.92 Å². The van der Waals surface area contributed by atoms with Crippen molar-refractivity contribution < 1.29 is 0 Å². The van der Waals surface area contributed by atoms with E-state index < -0.39 is 0 Å². The molecule has 0 unspecified atom stereocenters. The summed E-state index contributed by atoms with van der Waals surface area (Å²) in [6.45, 7) is 1.90. The minimum Gasteiger partial charge on any atom is -0.356 e. The molecule has 3 heterocycles. The van der Waals surface area contributed by atoms with Gasteiger partial charge in [-0.2, -0.15) is 14.9 Å². The number of aromatic nitrogens is 5. The highest BCUT2D eigenvalue weighted by atomic mass is 35.5. The van der Waals surface area contributed by atoms with E-state index in [1.165, 1.54) is 4.68 Å². The third kappa shape index (κ3) is 1.84. The lowest BCUT2D eigenvalue weighted by molar-refractivity contribution is 0.780. The fraction of sp³-hybridized carbons (Fsp3) is 0.133. The zero-order valence-electron chi connectivity index (χ0n) is 12.0. The van der Waals surface area contributed by atoms with Crippen LogP contribution < -0.4 is 5.56 Å². The highest BCUT2D eigenvalue weighted by molar-refractivity contribution is 6.34. The highest BCUT2D eigenvalue weighted by Gasteiger charge is 2.13. The number of aryl methyl sites for hydroxylation is 2. The first-order chi connectivity index (χ1) is 10.5. The second-order valence-electron chi connectivity index (χ2n) is 5.29. The van der Waals surface area contributed by atoms with Crippen molar-refractivity contribution in [2.45, 2.75) is 6.92 Å². The monoisotopic (exact) mass is 313 g/mol. The molecule has 22 heavy (non-hydrogen) atoms. The van der Waals surface area contributed by atoms with E-state index in [0.29, 0.717) is 16.7 Å². The van der Waals surface area contributed by atoms with Gasteiger partial charge in [0.1, 0.15) is 10.5 Å². The number of benzene rings is 1. The van der Waals surface area contributed by atoms with Gasteiger partial charge in [-0.3, -0.25) is 9.48 Å². The summed E-state index contributed by atoms with van der Waals surface area (Å²) in [6, 6.07) is 7.41. The van der Waals surface area contributed by atoms with Gasteiger partial charge in [0, 0.05) is 24.3 Å². The summed E-state index contributed by atoms with van der Waals surface area (Å²) in [5.41, 5.74) is 3.32. The molecule has 0 saturated carbocycles. The third-order valence-electron chi connectivity index (χ3n) is 3.59. The fourth-order valence-corrected chi connectivity index (χ4v) is 2.84. The normalized spacial score (nSPS) is 11.6. The SMILES string of the molecule is Cc1cc2nn(-c3ccc4nn(C)cc4c3)c(=O)c(Cl)c2[nH]1. The fourth-order valence-electron chi connectivity index (χ4n) is 2.62. The summed E-state index contributed by atoms with van der Waals surface area (Å²) in [5.74, 6) is 0. The molecule has 0 aliphatic carbocycles. The first-order valence-electron chi connectivity index (χ1n) is 6.75. The van der Waals surface area contributed by atoms with Crippen LogP contribution in [0.1, 0.15) is 5.69 Å². The van der Waals surface area contributed by atoms with Crippen molar-refractivity contribution in [2.24, 2.45) is 7.05 Å². The van der Waals surface area contributed by atoms with E-state index >= 15 is 0 Å². The minimum absolute atomic E-state index is 0.143. The van der Waals surface area contributed by atoms with Crippen molar-refractivity contribution in [3.8, 4) is 5.69 Å². The van der Waals surface area contributed by atoms with Gasteiger partial charge in [0.25, 0.3) is 5.56 Å². The van der Waals surface area contributed by atoms with Gasteiger partial charge < -0.3 is 4.98 Å². The number of hydrogen-bond donors (Lipinski definition) is 1. The Morgan fingerprint density at radius 2 is 2.00 bits per heavy atom. The van der Waals surface area contributed by atoms with Crippen LogP contribution in [0.2, 0.25) is 5.02 Å². The highest BCUT2D eigenvalue weighted by Crippen LogP contribution is 2.21. The van der Waals surface area contributed by atoms with Gasteiger partial charge in [-0.25, -0.2) is 0 Å². The predicted octanol–water partition coefficient (Wildman–Crippen LogP) is 2.56. The number of halogens is 1. The Morgan fingerprint density at radius 1 is 1.18 bits per heavy atom. The molecule has 0 saturated heterocycles. The van der Waals surface area contributed by atoms with Crippen molar-refractivity contribution in [1.82, 2.24) is 24.5 Å². The predicted molar refractivity (Wildman–Crippen MR) is 85.7 cm³/mol. The molecule has 1 aromatic carbocycles. The van der Waals surface area contributed by atoms with E-state index in [9.17, 15) is 4.79 Å². The Morgan fingerprint density at radius 3 is 2.82 bits per heavy atom. The lowest BCUT2D eigenvalue weighted by atomic mass is 10.2. The molecular formula is C15H12ClN5O. The van der Waals surface area contributed by atoms with Crippen molar-refractivity contribution in [3.63, 3.8) is 0 Å². The molecule has 0 amide bonds. The average molecular weight is 314 g/mol. The van der Waals surface area contributed by atoms with E-state index in [1.807, 2.05) is 44.4 Å². The van der Waals surface area contributed by atoms with E-state index in [1.54, 1.807) is 4.68 Å². The maximum atomic E-state index is 12.5. The lowest BCUT2D eigenvalue weighted by Gasteiger charge is -2.05. The van der Waals surface area contributed by atoms with Gasteiger partial charge in [0.15, 0.2) is 0 Å². The van der Waals surface area contributed by atoms with Gasteiger partial charge in [-0.05, 0) is 31.2 Å². The Hall–Kier alpha value is -2.60. The molecule has 3 aromatic heterocycles. The topological polar surface area (TPSA) is 68.5 Å². The summed E-state index contributed by atoms with van der Waals surface area (Å²) in [7, 11) is 1.86. The quantitative estimate of drug-likeness (QED) is 0.587. The number of H-pyrrole nitrogens is 1. The standard InChI is InChI=1S/C15H12ClN5O/c1-8-5-12-14(17-8)13(16)15(22)21(19-12)10-3-4-11-9(6-10)7-20(2)18-11/h3-7,17H,1-2H3. The van der Waals surface area contributed by atoms with Crippen molar-refractivity contribution in [2.75, 3.05) is 0 Å². The van der Waals surface area contributed by atoms with Gasteiger partial charge in [-0.1, -0.05) is 11.6 Å². The molecule has 0 bridgehead atoms. The zero-order chi connectivity index (χ0) is 15.4. The van der Waals surface area contributed by atoms with Crippen LogP contribution in [0.4, 0.5) is 0 Å². The largest absolute Gasteiger partial charge is 0.356 e. The minimum atomic E-state index is -0.348. The lowest BCUT2D eigenvalue weighted by Crippen LogP contribution is -2.21. The summed E-state index contributed by atoms with van der Waals surface area (Å²) < 4.78 is 3.06. The third-order valence-corrected chi connectivity index (χ3v) is 3.94. The number of nitrogens with one attached hydrogen (secondary N) is 1. The number of rotatable bonds is 1. The Labute approximate surface area is 129 Å². The van der Waals surface area contributed by atoms with Crippen LogP contribution >= 0.6 is 11.6 Å². The molecule has 110 valence electrons. The molecule has 0 fully saturated rings. The van der Waals surface area contributed by atoms with E-state index in [2.05, 4.69) is 15.2 Å². The first kappa shape index (κ1) is 13.1. The molecule has 0 atom stereocenters. The molecule has 1 N–H and O–H groups in total. The van der Waals surface area contributed by atoms with Gasteiger partial charge >= 0.3 is 0 Å². The maximum Gasteiger partial charge on any atom is 0.292 e. The summed E-state index contributed by atoms with van der Waals surface area (Å²) >= 11 is 6.20. The zero-order valence-corrected chi connectivity index (χ0v) is 12.7. The summed E-state index contributed by atoms with van der Waals surface area (Å²) in [4.78, 5) is 15.5. The Bertz CT molecular complexity index is 1090. The van der Waals surface area contributed by atoms with Gasteiger partial charge in [0.05, 0.1) is 16.7 Å². The molecule has 4 aromatic rings. The number of hydrogen-bond acceptors (Lipinski definition) is 3. The maximum absolute atomic E-state index is 12.5. The van der Waals surface area contributed by atoms with Gasteiger partial charge in [0.2, 0.25) is 0 Å². The summed E-state index contributed by atoms with van der Waals surface area (Å²) in [6.07, 6.45) is 1.89. The molecule has 0 aliphatic heterocycles. The average Bonchev–Trinajstić information content (AvgIpc) is 3.03. The van der Waals surface area contributed by atoms with Crippen LogP contribution in [0.5, 0.6) is 0 Å². The smallest absolute Gasteiger partial charge is 0.292 e. The van der Waals surface area contributed by atoms with E-state index in [0.717, 1.165) is 16.6 Å². The van der Waals surface area contributed by atoms with Crippen LogP contribution in [0.3, 0.4) is 0 Å². The van der Waals surface area contributed by atoms with Crippen molar-refractivity contribution in [1.29, 1.82) is 0 Å². The molecule has 0 aliphatic rings. The van der Waals surface area contributed by atoms with Crippen LogP contribution in [-0.4, -0.2) is 24.5 Å². The summed E-state index contributed by atoms with van der Waals surface area (Å²) in [5, 5.41) is 9.80. The van der Waals surface area contributed by atoms with E-state index in [-0.39, 0.29) is 10.6 Å². The molecule has 6 nitrogen and oxygen atoms in total. The molecule has 0 spiro atoms. The Balaban J connectivity index is 2.02. The molecule has 0 radical (unpaired) electrons. The Kier molecular flexibility index (Phi) is 2.65. The van der Waals surface area contributed by atoms with Crippen molar-refractivity contribution >= 4 is 33.5 Å². The van der Waals surface area contributed by atoms with Gasteiger partial charge in [-0.15, -0.1) is 0 Å². The second kappa shape index (κ2) is 4.45.